The Labute approximate surface area is 398 Å². The number of methoxy groups -OCH3 is 3. The summed E-state index contributed by atoms with van der Waals surface area (Å²) in [4.78, 5) is 58.6. The number of aliphatic hydroxyl groups excluding tert-OH is 1. The first kappa shape index (κ1) is 56.3. The number of Topliss-reactive ketones (excluding diaryl/α,β-unsaturated/α-hetero) is 2. The third-order valence-corrected chi connectivity index (χ3v) is 22.1. The van der Waals surface area contributed by atoms with Gasteiger partial charge in [0.15, 0.2) is 0 Å². The van der Waals surface area contributed by atoms with Gasteiger partial charge in [0.05, 0.1) is 30.5 Å². The highest BCUT2D eigenvalue weighted by Gasteiger charge is 2.57. The summed E-state index contributed by atoms with van der Waals surface area (Å²) >= 11 is 0. The van der Waals surface area contributed by atoms with Gasteiger partial charge in [-0.2, -0.15) is 0 Å². The van der Waals surface area contributed by atoms with E-state index in [4.69, 9.17) is 28.1 Å². The molecule has 66 heavy (non-hydrogen) atoms. The predicted molar refractivity (Wildman–Crippen MR) is 258 cm³/mol. The zero-order chi connectivity index (χ0) is 49.4. The summed E-state index contributed by atoms with van der Waals surface area (Å²) in [6.45, 7) is 25.2. The lowest BCUT2D eigenvalue weighted by molar-refractivity contribution is -0.302. The topological polar surface area (TPSA) is 167 Å². The minimum Gasteiger partial charge on any atom is -0.456 e. The Kier molecular flexibility index (Phi) is 20.9. The standard InChI is InChI=1S/C52H89NO12Si/c1-16-39-24-33(8)23-34(9)25-45(61-14)48-46(62-15)27-36(11)52(59,64-48)49(56)50(57)53-22-18-17-19-40(53)51(58)63-47(37(12)41(54)29-42(39)55)35(10)26-38-20-21-43(44(28-38)60-13)65-66(30(2)3,31(4)5)32(6)7/h24,26,30-32,34,36-41,43-48,54,59H,16-23,25,27-29H2,1-15H3. The van der Waals surface area contributed by atoms with Gasteiger partial charge in [0.1, 0.15) is 24.0 Å². The number of carbonyl (C=O) groups is 4. The molecule has 1 amide bonds. The van der Waals surface area contributed by atoms with Crippen molar-refractivity contribution in [2.24, 2.45) is 29.6 Å². The Morgan fingerprint density at radius 3 is 2.05 bits per heavy atom. The molecule has 2 N–H and O–H groups in total. The highest BCUT2D eigenvalue weighted by molar-refractivity contribution is 6.77. The monoisotopic (exact) mass is 948 g/mol. The molecular weight excluding hydrogens is 859 g/mol. The predicted octanol–water partition coefficient (Wildman–Crippen LogP) is 8.67. The van der Waals surface area contributed by atoms with Gasteiger partial charge in [-0.3, -0.25) is 14.4 Å². The van der Waals surface area contributed by atoms with Crippen molar-refractivity contribution < 1.29 is 57.5 Å². The third-order valence-electron chi connectivity index (χ3n) is 15.9. The summed E-state index contributed by atoms with van der Waals surface area (Å²) < 4.78 is 38.0. The zero-order valence-corrected chi connectivity index (χ0v) is 44.3. The van der Waals surface area contributed by atoms with Crippen molar-refractivity contribution in [2.45, 2.75) is 225 Å². The average molecular weight is 948 g/mol. The zero-order valence-electron chi connectivity index (χ0n) is 43.3. The molecule has 2 bridgehead atoms. The van der Waals surface area contributed by atoms with E-state index in [1.807, 2.05) is 26.8 Å². The van der Waals surface area contributed by atoms with E-state index in [1.165, 1.54) is 4.90 Å². The number of cyclic esters (lactones) is 1. The van der Waals surface area contributed by atoms with Crippen molar-refractivity contribution in [3.05, 3.63) is 23.3 Å². The molecule has 4 aliphatic rings. The smallest absolute Gasteiger partial charge is 0.329 e. The quantitative estimate of drug-likeness (QED) is 0.0877. The fraction of sp³-hybridized carbons (Fsp3) is 0.846. The third kappa shape index (κ3) is 12.7. The van der Waals surface area contributed by atoms with Crippen LogP contribution in [0.25, 0.3) is 0 Å². The Hall–Kier alpha value is -2.30. The molecule has 2 saturated heterocycles. The van der Waals surface area contributed by atoms with Crippen molar-refractivity contribution >= 4 is 31.8 Å². The first-order chi connectivity index (χ1) is 31.0. The summed E-state index contributed by atoms with van der Waals surface area (Å²) in [6, 6.07) is -1.13. The van der Waals surface area contributed by atoms with E-state index in [-0.39, 0.29) is 55.6 Å². The number of amides is 1. The summed E-state index contributed by atoms with van der Waals surface area (Å²) in [7, 11) is 2.64. The average Bonchev–Trinajstić information content (AvgIpc) is 3.27. The van der Waals surface area contributed by atoms with E-state index in [0.717, 1.165) is 24.0 Å². The second-order valence-corrected chi connectivity index (χ2v) is 27.0. The SMILES string of the molecule is CCC1C=C(C)CC(C)CC(OC)C2OC(O)(C(=O)C(=O)N3CCCCC3C(=O)OC(C(C)=CC3CCC(O[Si](C(C)C)(C(C)C)C(C)C)C(OC)C3)C(C)C(O)CC1=O)C(C)CC2OC. The van der Waals surface area contributed by atoms with Gasteiger partial charge in [-0.05, 0) is 112 Å². The Bertz CT molecular complexity index is 1680. The highest BCUT2D eigenvalue weighted by atomic mass is 28.4. The number of hydrogen-bond donors (Lipinski definition) is 2. The van der Waals surface area contributed by atoms with Crippen LogP contribution in [-0.4, -0.2) is 129 Å². The highest BCUT2D eigenvalue weighted by Crippen LogP contribution is 2.46. The van der Waals surface area contributed by atoms with E-state index in [1.54, 1.807) is 35.2 Å². The van der Waals surface area contributed by atoms with Gasteiger partial charge in [-0.15, -0.1) is 0 Å². The number of nitrogens with zero attached hydrogens (tertiary/aromatic N) is 1. The van der Waals surface area contributed by atoms with Crippen LogP contribution in [0.5, 0.6) is 0 Å². The van der Waals surface area contributed by atoms with E-state index in [9.17, 15) is 29.4 Å². The normalized spacial score (nSPS) is 36.8. The molecule has 13 nitrogen and oxygen atoms in total. The number of carbonyl (C=O) groups excluding carboxylic acids is 4. The van der Waals surface area contributed by atoms with E-state index >= 15 is 0 Å². The summed E-state index contributed by atoms with van der Waals surface area (Å²) in [6.07, 6.45) is 5.25. The Morgan fingerprint density at radius 1 is 0.864 bits per heavy atom. The first-order valence-electron chi connectivity index (χ1n) is 25.3. The molecular formula is C52H89NO12Si. The number of rotatable bonds is 11. The summed E-state index contributed by atoms with van der Waals surface area (Å²) in [5.74, 6) is -7.35. The number of ketones is 2. The fourth-order valence-corrected chi connectivity index (χ4v) is 17.8. The number of piperidine rings is 1. The minimum absolute atomic E-state index is 0.0365. The van der Waals surface area contributed by atoms with Gasteiger partial charge >= 0.3 is 5.97 Å². The van der Waals surface area contributed by atoms with Gasteiger partial charge < -0.3 is 43.2 Å². The molecule has 378 valence electrons. The Balaban J connectivity index is 1.74. The van der Waals surface area contributed by atoms with Crippen LogP contribution in [-0.2, 0) is 47.3 Å². The van der Waals surface area contributed by atoms with Crippen LogP contribution < -0.4 is 0 Å². The maximum atomic E-state index is 14.6. The van der Waals surface area contributed by atoms with E-state index < -0.39 is 86.1 Å². The van der Waals surface area contributed by atoms with Crippen LogP contribution in [0.2, 0.25) is 16.6 Å². The Morgan fingerprint density at radius 2 is 1.47 bits per heavy atom. The van der Waals surface area contributed by atoms with Gasteiger partial charge in [-0.25, -0.2) is 4.79 Å². The van der Waals surface area contributed by atoms with Crippen molar-refractivity contribution in [1.82, 2.24) is 4.90 Å². The summed E-state index contributed by atoms with van der Waals surface area (Å²) in [5.41, 5.74) is 3.02. The van der Waals surface area contributed by atoms with Gasteiger partial charge in [-0.1, -0.05) is 87.0 Å². The van der Waals surface area contributed by atoms with Crippen molar-refractivity contribution in [1.29, 1.82) is 0 Å². The lowest BCUT2D eigenvalue weighted by Crippen LogP contribution is -2.64. The minimum atomic E-state index is -2.50. The van der Waals surface area contributed by atoms with Gasteiger partial charge in [0.2, 0.25) is 14.1 Å². The molecule has 3 aliphatic heterocycles. The van der Waals surface area contributed by atoms with Crippen molar-refractivity contribution in [2.75, 3.05) is 27.9 Å². The first-order valence-corrected chi connectivity index (χ1v) is 27.4. The van der Waals surface area contributed by atoms with Crippen LogP contribution in [0.4, 0.5) is 0 Å². The number of fused-ring (bicyclic) bond motifs is 3. The van der Waals surface area contributed by atoms with E-state index in [2.05, 4.69) is 54.5 Å². The van der Waals surface area contributed by atoms with Crippen LogP contribution >= 0.6 is 0 Å². The van der Waals surface area contributed by atoms with E-state index in [0.29, 0.717) is 55.1 Å². The molecule has 4 rings (SSSR count). The van der Waals surface area contributed by atoms with Crippen LogP contribution in [0.1, 0.15) is 154 Å². The summed E-state index contributed by atoms with van der Waals surface area (Å²) in [5, 5.41) is 24.1. The molecule has 0 radical (unpaired) electrons. The maximum absolute atomic E-state index is 14.6. The fourth-order valence-electron chi connectivity index (χ4n) is 12.2. The molecule has 0 aromatic carbocycles. The molecule has 14 heteroatoms. The molecule has 0 aromatic rings. The molecule has 1 saturated carbocycles. The van der Waals surface area contributed by atoms with Gasteiger partial charge in [0.25, 0.3) is 11.7 Å². The second-order valence-electron chi connectivity index (χ2n) is 21.6. The molecule has 14 atom stereocenters. The number of esters is 1. The lowest BCUT2D eigenvalue weighted by Gasteiger charge is -2.47. The maximum Gasteiger partial charge on any atom is 0.329 e. The molecule has 1 aliphatic carbocycles. The lowest BCUT2D eigenvalue weighted by atomic mass is 9.81. The van der Waals surface area contributed by atoms with Crippen LogP contribution in [0.15, 0.2) is 23.3 Å². The largest absolute Gasteiger partial charge is 0.456 e. The number of aliphatic hydroxyl groups is 2. The number of allylic oxidation sites excluding steroid dienone is 3. The van der Waals surface area contributed by atoms with Crippen molar-refractivity contribution in [3.8, 4) is 0 Å². The van der Waals surface area contributed by atoms with Crippen LogP contribution in [0.3, 0.4) is 0 Å². The molecule has 0 spiro atoms. The molecule has 0 aromatic heterocycles. The molecule has 3 fully saturated rings. The second kappa shape index (κ2) is 24.5. The number of hydrogen-bond acceptors (Lipinski definition) is 12. The molecule has 14 unspecified atom stereocenters. The van der Waals surface area contributed by atoms with Gasteiger partial charge in [0, 0.05) is 52.0 Å². The van der Waals surface area contributed by atoms with Crippen molar-refractivity contribution in [3.63, 3.8) is 0 Å². The number of ether oxygens (including phenoxy) is 5. The van der Waals surface area contributed by atoms with Crippen LogP contribution in [0, 0.1) is 29.6 Å². The molecule has 3 heterocycles.